The predicted octanol–water partition coefficient (Wildman–Crippen LogP) is 4.58. The van der Waals surface area contributed by atoms with Gasteiger partial charge in [-0.3, -0.25) is 0 Å². The van der Waals surface area contributed by atoms with Gasteiger partial charge in [0.2, 0.25) is 0 Å². The minimum atomic E-state index is 0.223. The molecule has 0 fully saturated rings. The normalized spacial score (nSPS) is 11.3. The maximum atomic E-state index is 13.3. The molecule has 32 heavy (non-hydrogen) atoms. The lowest BCUT2D eigenvalue weighted by Gasteiger charge is -2.16. The highest BCUT2D eigenvalue weighted by molar-refractivity contribution is 5.84. The van der Waals surface area contributed by atoms with E-state index in [0.717, 1.165) is 26.8 Å². The number of methoxy groups -OCH3 is 1. The van der Waals surface area contributed by atoms with E-state index >= 15 is 0 Å². The summed E-state index contributed by atoms with van der Waals surface area (Å²) in [6.45, 7) is 4.48. The lowest BCUT2D eigenvalue weighted by Crippen LogP contribution is -2.37. The molecule has 2 heterocycles. The summed E-state index contributed by atoms with van der Waals surface area (Å²) in [6, 6.07) is 18.1. The zero-order chi connectivity index (χ0) is 22.7. The number of para-hydroxylation sites is 1. The van der Waals surface area contributed by atoms with Crippen LogP contribution < -0.4 is 14.2 Å². The summed E-state index contributed by atoms with van der Waals surface area (Å²) < 4.78 is 14.6. The molecule has 4 aromatic rings. The van der Waals surface area contributed by atoms with Crippen molar-refractivity contribution >= 4 is 10.9 Å². The van der Waals surface area contributed by atoms with Crippen LogP contribution in [-0.4, -0.2) is 16.7 Å². The molecule has 166 valence electrons. The number of benzene rings is 2. The molecule has 0 amide bonds. The minimum Gasteiger partial charge on any atom is -0.616 e. The van der Waals surface area contributed by atoms with E-state index in [1.54, 1.807) is 0 Å². The fraction of sp³-hybridized carbons (Fsp3) is 0.308. The molecular weight excluding hydrogens is 402 g/mol. The van der Waals surface area contributed by atoms with Gasteiger partial charge in [0.05, 0.1) is 7.11 Å². The van der Waals surface area contributed by atoms with Gasteiger partial charge < -0.3 is 19.2 Å². The zero-order valence-electron chi connectivity index (χ0n) is 19.0. The molecule has 0 N–H and O–H groups in total. The molecule has 0 spiro atoms. The van der Waals surface area contributed by atoms with Gasteiger partial charge in [-0.2, -0.15) is 0 Å². The van der Waals surface area contributed by atoms with Crippen molar-refractivity contribution in [2.75, 3.05) is 7.11 Å². The second kappa shape index (κ2) is 9.30. The van der Waals surface area contributed by atoms with Crippen molar-refractivity contribution < 1.29 is 14.2 Å². The van der Waals surface area contributed by atoms with Gasteiger partial charge in [-0.05, 0) is 23.1 Å². The second-order valence-electron chi connectivity index (χ2n) is 8.45. The van der Waals surface area contributed by atoms with E-state index < -0.39 is 0 Å². The van der Waals surface area contributed by atoms with Crippen LogP contribution in [0.1, 0.15) is 36.4 Å². The number of nitrogens with zero attached hydrogens (tertiary/aromatic N) is 3. The van der Waals surface area contributed by atoms with Crippen molar-refractivity contribution in [3.63, 3.8) is 0 Å². The maximum Gasteiger partial charge on any atom is 0.402 e. The number of aryl methyl sites for hydroxylation is 1. The van der Waals surface area contributed by atoms with E-state index in [0.29, 0.717) is 36.7 Å². The Morgan fingerprint density at radius 1 is 1.06 bits per heavy atom. The molecule has 2 aromatic carbocycles. The standard InChI is InChI=1S/C26H29N3O3/c1-18(2)14-24-25(32-17-19-10-6-5-7-11-19)27-22(26(31-4)29(24)30)15-20-16-28(3)23-13-9-8-12-21(20)23/h5-13,16,18H,14-15,17H2,1-4H3. The van der Waals surface area contributed by atoms with Crippen LogP contribution in [0.3, 0.4) is 0 Å². The van der Waals surface area contributed by atoms with Crippen molar-refractivity contribution in [2.24, 2.45) is 13.0 Å². The summed E-state index contributed by atoms with van der Waals surface area (Å²) in [5.41, 5.74) is 4.30. The summed E-state index contributed by atoms with van der Waals surface area (Å²) in [5, 5.41) is 14.4. The number of hydrogen-bond acceptors (Lipinski definition) is 4. The van der Waals surface area contributed by atoms with Gasteiger partial charge in [0.1, 0.15) is 6.61 Å². The van der Waals surface area contributed by atoms with Crippen LogP contribution in [0.2, 0.25) is 0 Å². The highest BCUT2D eigenvalue weighted by Crippen LogP contribution is 2.28. The average Bonchev–Trinajstić information content (AvgIpc) is 3.10. The Bertz CT molecular complexity index is 1220. The van der Waals surface area contributed by atoms with Crippen LogP contribution >= 0.6 is 0 Å². The highest BCUT2D eigenvalue weighted by atomic mass is 16.5. The quantitative estimate of drug-likeness (QED) is 0.303. The number of ether oxygens (including phenoxy) is 2. The summed E-state index contributed by atoms with van der Waals surface area (Å²) >= 11 is 0. The van der Waals surface area contributed by atoms with Crippen LogP contribution in [0, 0.1) is 11.1 Å². The van der Waals surface area contributed by atoms with E-state index in [9.17, 15) is 5.21 Å². The smallest absolute Gasteiger partial charge is 0.402 e. The molecular formula is C26H29N3O3. The highest BCUT2D eigenvalue weighted by Gasteiger charge is 2.27. The lowest BCUT2D eigenvalue weighted by molar-refractivity contribution is -0.622. The van der Waals surface area contributed by atoms with Gasteiger partial charge in [0.25, 0.3) is 11.6 Å². The first kappa shape index (κ1) is 21.7. The Morgan fingerprint density at radius 3 is 2.50 bits per heavy atom. The molecule has 2 aromatic heterocycles. The van der Waals surface area contributed by atoms with Crippen molar-refractivity contribution in [1.82, 2.24) is 9.55 Å². The number of hydrogen-bond donors (Lipinski definition) is 0. The van der Waals surface area contributed by atoms with Gasteiger partial charge >= 0.3 is 5.88 Å². The third kappa shape index (κ3) is 4.40. The van der Waals surface area contributed by atoms with Gasteiger partial charge in [-0.25, -0.2) is 4.98 Å². The van der Waals surface area contributed by atoms with Crippen molar-refractivity contribution in [2.45, 2.75) is 33.3 Å². The van der Waals surface area contributed by atoms with E-state index in [1.165, 1.54) is 7.11 Å². The maximum absolute atomic E-state index is 13.3. The van der Waals surface area contributed by atoms with Crippen molar-refractivity contribution in [1.29, 1.82) is 0 Å². The fourth-order valence-corrected chi connectivity index (χ4v) is 4.02. The molecule has 0 saturated carbocycles. The average molecular weight is 432 g/mol. The Labute approximate surface area is 188 Å². The van der Waals surface area contributed by atoms with Gasteiger partial charge in [0, 0.05) is 37.0 Å². The molecule has 4 rings (SSSR count). The van der Waals surface area contributed by atoms with Crippen LogP contribution in [0.5, 0.6) is 11.8 Å². The zero-order valence-corrected chi connectivity index (χ0v) is 19.0. The first-order chi connectivity index (χ1) is 15.5. The van der Waals surface area contributed by atoms with E-state index in [-0.39, 0.29) is 11.8 Å². The van der Waals surface area contributed by atoms with Crippen molar-refractivity contribution in [3.05, 3.63) is 88.5 Å². The van der Waals surface area contributed by atoms with Crippen molar-refractivity contribution in [3.8, 4) is 11.8 Å². The number of rotatable bonds is 8. The summed E-state index contributed by atoms with van der Waals surface area (Å²) in [6.07, 6.45) is 3.09. The minimum absolute atomic E-state index is 0.223. The Balaban J connectivity index is 1.76. The predicted molar refractivity (Wildman–Crippen MR) is 125 cm³/mol. The topological polar surface area (TPSA) is 63.2 Å². The van der Waals surface area contributed by atoms with Crippen LogP contribution in [-0.2, 0) is 26.5 Å². The van der Waals surface area contributed by atoms with E-state index in [2.05, 4.69) is 36.7 Å². The lowest BCUT2D eigenvalue weighted by atomic mass is 10.1. The molecule has 0 saturated heterocycles. The summed E-state index contributed by atoms with van der Waals surface area (Å²) in [7, 11) is 3.53. The molecule has 0 aliphatic heterocycles. The Morgan fingerprint density at radius 2 is 1.78 bits per heavy atom. The first-order valence-electron chi connectivity index (χ1n) is 10.9. The molecule has 0 aliphatic carbocycles. The largest absolute Gasteiger partial charge is 0.616 e. The van der Waals surface area contributed by atoms with E-state index in [1.807, 2.05) is 49.5 Å². The number of fused-ring (bicyclic) bond motifs is 1. The monoisotopic (exact) mass is 431 g/mol. The second-order valence-corrected chi connectivity index (χ2v) is 8.45. The molecule has 6 heteroatoms. The molecule has 6 nitrogen and oxygen atoms in total. The van der Waals surface area contributed by atoms with Crippen LogP contribution in [0.25, 0.3) is 10.9 Å². The molecule has 0 unspecified atom stereocenters. The first-order valence-corrected chi connectivity index (χ1v) is 10.9. The fourth-order valence-electron chi connectivity index (χ4n) is 4.02. The molecule has 0 atom stereocenters. The summed E-state index contributed by atoms with van der Waals surface area (Å²) in [5.74, 6) is 0.860. The SMILES string of the molecule is COc1c(Cc2cn(C)c3ccccc23)nc(OCc2ccccc2)c(CC(C)C)[n+]1[O-]. The van der Waals surface area contributed by atoms with Gasteiger partial charge in [0.15, 0.2) is 5.69 Å². The third-order valence-electron chi connectivity index (χ3n) is 5.51. The Hall–Kier alpha value is -3.54. The Kier molecular flexibility index (Phi) is 6.30. The summed E-state index contributed by atoms with van der Waals surface area (Å²) in [4.78, 5) is 4.81. The molecule has 0 radical (unpaired) electrons. The number of aromatic nitrogens is 3. The van der Waals surface area contributed by atoms with Crippen LogP contribution in [0.4, 0.5) is 0 Å². The van der Waals surface area contributed by atoms with Crippen LogP contribution in [0.15, 0.2) is 60.8 Å². The van der Waals surface area contributed by atoms with Gasteiger partial charge in [-0.15, -0.1) is 4.73 Å². The molecule has 0 aliphatic rings. The molecule has 0 bridgehead atoms. The van der Waals surface area contributed by atoms with Gasteiger partial charge in [-0.1, -0.05) is 62.4 Å². The van der Waals surface area contributed by atoms with E-state index in [4.69, 9.17) is 14.5 Å². The third-order valence-corrected chi connectivity index (χ3v) is 5.51.